The van der Waals surface area contributed by atoms with Crippen molar-refractivity contribution in [2.45, 2.75) is 89.1 Å². The molecule has 1 saturated carbocycles. The second-order valence-corrected chi connectivity index (χ2v) is 15.5. The molecule has 1 aliphatic heterocycles. The molecule has 2 nitrogen and oxygen atoms in total. The summed E-state index contributed by atoms with van der Waals surface area (Å²) in [4.78, 5) is 0. The molecule has 2 aliphatic rings. The fourth-order valence-electron chi connectivity index (χ4n) is 5.90. The predicted octanol–water partition coefficient (Wildman–Crippen LogP) is 6.32. The van der Waals surface area contributed by atoms with Crippen LogP contribution in [0.15, 0.2) is 30.3 Å². The first kappa shape index (κ1) is 19.1. The monoisotopic (exact) mass is 360 g/mol. The van der Waals surface area contributed by atoms with Gasteiger partial charge in [-0.1, -0.05) is 78.3 Å². The average Bonchev–Trinajstić information content (AvgIpc) is 3.07. The van der Waals surface area contributed by atoms with Gasteiger partial charge in [0.2, 0.25) is 8.32 Å². The van der Waals surface area contributed by atoms with E-state index in [-0.39, 0.29) is 10.1 Å². The standard InChI is InChI=1S/C22H36O2Si/c1-21(2,3)25(22(4,5)6)20(18-13-10-14-19(18)24-25)16-23-15-17-11-8-7-9-12-17/h7-9,11-12,18-20H,10,13-16H2,1-6H3/t18-,19+,20-/m0/s1. The van der Waals surface area contributed by atoms with Gasteiger partial charge < -0.3 is 9.16 Å². The highest BCUT2D eigenvalue weighted by molar-refractivity contribution is 6.81. The summed E-state index contributed by atoms with van der Waals surface area (Å²) in [5.74, 6) is 0.709. The Morgan fingerprint density at radius 3 is 2.24 bits per heavy atom. The molecule has 2 fully saturated rings. The lowest BCUT2D eigenvalue weighted by atomic mass is 10.0. The van der Waals surface area contributed by atoms with Crippen molar-refractivity contribution < 1.29 is 9.16 Å². The summed E-state index contributed by atoms with van der Waals surface area (Å²) < 4.78 is 13.4. The van der Waals surface area contributed by atoms with Gasteiger partial charge in [-0.15, -0.1) is 0 Å². The van der Waals surface area contributed by atoms with Gasteiger partial charge >= 0.3 is 0 Å². The summed E-state index contributed by atoms with van der Waals surface area (Å²) in [6, 6.07) is 10.6. The van der Waals surface area contributed by atoms with Crippen LogP contribution in [0.5, 0.6) is 0 Å². The fraction of sp³-hybridized carbons (Fsp3) is 0.727. The SMILES string of the molecule is CC(C)(C)[Si]1(C(C)(C)C)O[C@@H]2CCC[C@@H]2[C@@H]1COCc1ccccc1. The summed E-state index contributed by atoms with van der Waals surface area (Å²) in [6.45, 7) is 16.0. The molecule has 3 rings (SSSR count). The smallest absolute Gasteiger partial charge is 0.209 e. The van der Waals surface area contributed by atoms with Gasteiger partial charge in [-0.3, -0.25) is 0 Å². The lowest BCUT2D eigenvalue weighted by Crippen LogP contribution is -2.56. The quantitative estimate of drug-likeness (QED) is 0.585. The van der Waals surface area contributed by atoms with E-state index >= 15 is 0 Å². The second kappa shape index (κ2) is 6.83. The van der Waals surface area contributed by atoms with Crippen LogP contribution in [0.4, 0.5) is 0 Å². The van der Waals surface area contributed by atoms with E-state index in [0.29, 0.717) is 24.2 Å². The van der Waals surface area contributed by atoms with Gasteiger partial charge in [0.15, 0.2) is 0 Å². The Hall–Kier alpha value is -0.643. The summed E-state index contributed by atoms with van der Waals surface area (Å²) >= 11 is 0. The maximum atomic E-state index is 7.08. The van der Waals surface area contributed by atoms with Crippen molar-refractivity contribution in [3.8, 4) is 0 Å². The van der Waals surface area contributed by atoms with E-state index in [0.717, 1.165) is 6.61 Å². The third-order valence-corrected chi connectivity index (χ3v) is 13.3. The molecule has 0 radical (unpaired) electrons. The molecule has 1 heterocycles. The molecule has 3 heteroatoms. The Balaban J connectivity index is 1.83. The van der Waals surface area contributed by atoms with Crippen molar-refractivity contribution in [3.05, 3.63) is 35.9 Å². The summed E-state index contributed by atoms with van der Waals surface area (Å²) in [6.07, 6.45) is 4.38. The lowest BCUT2D eigenvalue weighted by molar-refractivity contribution is 0.105. The Bertz CT molecular complexity index is 556. The molecule has 0 N–H and O–H groups in total. The van der Waals surface area contributed by atoms with Gasteiger partial charge in [0.05, 0.1) is 13.2 Å². The summed E-state index contributed by atoms with van der Waals surface area (Å²) in [7, 11) is -2.02. The molecular weight excluding hydrogens is 324 g/mol. The van der Waals surface area contributed by atoms with Crippen LogP contribution in [0.1, 0.15) is 66.4 Å². The highest BCUT2D eigenvalue weighted by Gasteiger charge is 2.67. The van der Waals surface area contributed by atoms with Gasteiger partial charge in [-0.2, -0.15) is 0 Å². The van der Waals surface area contributed by atoms with E-state index in [1.54, 1.807) is 0 Å². The highest BCUT2D eigenvalue weighted by atomic mass is 28.4. The lowest BCUT2D eigenvalue weighted by Gasteiger charge is -2.52. The van der Waals surface area contributed by atoms with Crippen LogP contribution >= 0.6 is 0 Å². The molecule has 1 aromatic carbocycles. The van der Waals surface area contributed by atoms with E-state index in [1.807, 2.05) is 0 Å². The van der Waals surface area contributed by atoms with Crippen molar-refractivity contribution in [2.75, 3.05) is 6.61 Å². The molecule has 0 bridgehead atoms. The molecule has 0 spiro atoms. The van der Waals surface area contributed by atoms with Crippen molar-refractivity contribution in [2.24, 2.45) is 5.92 Å². The maximum Gasteiger partial charge on any atom is 0.209 e. The molecule has 25 heavy (non-hydrogen) atoms. The minimum Gasteiger partial charge on any atom is -0.412 e. The Labute approximate surface area is 155 Å². The van der Waals surface area contributed by atoms with Crippen molar-refractivity contribution in [3.63, 3.8) is 0 Å². The number of rotatable bonds is 4. The summed E-state index contributed by atoms with van der Waals surface area (Å²) in [5, 5.41) is 0.437. The molecule has 1 saturated heterocycles. The average molecular weight is 361 g/mol. The first-order valence-corrected chi connectivity index (χ1v) is 11.9. The van der Waals surface area contributed by atoms with E-state index in [2.05, 4.69) is 71.9 Å². The Morgan fingerprint density at radius 2 is 1.64 bits per heavy atom. The van der Waals surface area contributed by atoms with Gasteiger partial charge in [0, 0.05) is 11.6 Å². The van der Waals surface area contributed by atoms with E-state index in [4.69, 9.17) is 9.16 Å². The van der Waals surface area contributed by atoms with Crippen molar-refractivity contribution >= 4 is 8.32 Å². The van der Waals surface area contributed by atoms with Crippen LogP contribution in [0.2, 0.25) is 15.6 Å². The van der Waals surface area contributed by atoms with Gasteiger partial charge in [-0.25, -0.2) is 0 Å². The minimum atomic E-state index is -2.02. The molecule has 0 unspecified atom stereocenters. The van der Waals surface area contributed by atoms with E-state index in [9.17, 15) is 0 Å². The third kappa shape index (κ3) is 3.35. The predicted molar refractivity (Wildman–Crippen MR) is 107 cm³/mol. The topological polar surface area (TPSA) is 18.5 Å². The molecule has 3 atom stereocenters. The largest absolute Gasteiger partial charge is 0.412 e. The van der Waals surface area contributed by atoms with E-state index < -0.39 is 8.32 Å². The van der Waals surface area contributed by atoms with Gasteiger partial charge in [0.1, 0.15) is 0 Å². The minimum absolute atomic E-state index is 0.219. The first-order chi connectivity index (χ1) is 11.7. The van der Waals surface area contributed by atoms with Gasteiger partial charge in [-0.05, 0) is 34.4 Å². The fourth-order valence-corrected chi connectivity index (χ4v) is 13.4. The number of fused-ring (bicyclic) bond motifs is 1. The second-order valence-electron chi connectivity index (χ2n) is 10.1. The summed E-state index contributed by atoms with van der Waals surface area (Å²) in [5.41, 5.74) is 1.87. The highest BCUT2D eigenvalue weighted by Crippen LogP contribution is 2.66. The number of hydrogen-bond donors (Lipinski definition) is 0. The molecule has 1 aliphatic carbocycles. The zero-order chi connectivity index (χ0) is 18.3. The van der Waals surface area contributed by atoms with Crippen LogP contribution in [-0.2, 0) is 15.8 Å². The maximum absolute atomic E-state index is 7.08. The molecular formula is C22H36O2Si. The van der Waals surface area contributed by atoms with E-state index in [1.165, 1.54) is 24.8 Å². The van der Waals surface area contributed by atoms with Crippen molar-refractivity contribution in [1.29, 1.82) is 0 Å². The van der Waals surface area contributed by atoms with Crippen molar-refractivity contribution in [1.82, 2.24) is 0 Å². The Kier molecular flexibility index (Phi) is 5.22. The number of benzene rings is 1. The van der Waals surface area contributed by atoms with Crippen LogP contribution in [0.25, 0.3) is 0 Å². The molecule has 0 amide bonds. The zero-order valence-electron chi connectivity index (χ0n) is 17.0. The number of hydrogen-bond acceptors (Lipinski definition) is 2. The van der Waals surface area contributed by atoms with Crippen LogP contribution < -0.4 is 0 Å². The normalized spacial score (nSPS) is 29.0. The Morgan fingerprint density at radius 1 is 1.00 bits per heavy atom. The van der Waals surface area contributed by atoms with Crippen LogP contribution in [-0.4, -0.2) is 21.0 Å². The van der Waals surface area contributed by atoms with Crippen LogP contribution in [0.3, 0.4) is 0 Å². The van der Waals surface area contributed by atoms with Crippen LogP contribution in [0, 0.1) is 5.92 Å². The molecule has 140 valence electrons. The number of ether oxygens (including phenoxy) is 1. The molecule has 0 aromatic heterocycles. The first-order valence-electron chi connectivity index (χ1n) is 9.96. The zero-order valence-corrected chi connectivity index (χ0v) is 18.0. The third-order valence-electron chi connectivity index (χ3n) is 6.52. The molecule has 1 aromatic rings. The van der Waals surface area contributed by atoms with Gasteiger partial charge in [0.25, 0.3) is 0 Å².